The molecule has 21 heavy (non-hydrogen) atoms. The third-order valence-corrected chi connectivity index (χ3v) is 4.94. The first-order valence-electron chi connectivity index (χ1n) is 5.98. The Bertz CT molecular complexity index is 729. The predicted molar refractivity (Wildman–Crippen MR) is 91.2 cm³/mol. The molecule has 0 amide bonds. The number of alkyl halides is 1. The highest BCUT2D eigenvalue weighted by Crippen LogP contribution is 2.13. The van der Waals surface area contributed by atoms with Crippen LogP contribution in [0.25, 0.3) is 0 Å². The van der Waals surface area contributed by atoms with Gasteiger partial charge in [-0.1, -0.05) is 62.2 Å². The van der Waals surface area contributed by atoms with Gasteiger partial charge < -0.3 is 0 Å². The Kier molecular flexibility index (Phi) is 5.55. The van der Waals surface area contributed by atoms with Crippen molar-refractivity contribution in [3.8, 4) is 0 Å². The Morgan fingerprint density at radius 1 is 1.05 bits per heavy atom. The molecule has 2 aromatic carbocycles. The van der Waals surface area contributed by atoms with Crippen LogP contribution in [0.3, 0.4) is 0 Å². The molecule has 0 unspecified atom stereocenters. The van der Waals surface area contributed by atoms with Crippen LogP contribution in [-0.4, -0.2) is 19.5 Å². The Balaban J connectivity index is 2.24. The van der Waals surface area contributed by atoms with Gasteiger partial charge in [0.05, 0.1) is 10.6 Å². The summed E-state index contributed by atoms with van der Waals surface area (Å²) in [6.45, 7) is 0. The fourth-order valence-corrected chi connectivity index (χ4v) is 3.15. The zero-order chi connectivity index (χ0) is 15.3. The molecule has 0 aliphatic rings. The summed E-state index contributed by atoms with van der Waals surface area (Å²) in [5, 5.41) is 4.44. The van der Waals surface area contributed by atoms with Crippen molar-refractivity contribution in [1.82, 2.24) is 4.83 Å². The molecule has 1 N–H and O–H groups in total. The number of rotatable bonds is 5. The maximum Gasteiger partial charge on any atom is 0.276 e. The highest BCUT2D eigenvalue weighted by Gasteiger charge is 2.12. The van der Waals surface area contributed by atoms with Crippen LogP contribution in [0.5, 0.6) is 0 Å². The van der Waals surface area contributed by atoms with Gasteiger partial charge in [0.25, 0.3) is 10.0 Å². The molecule has 0 saturated heterocycles. The Hall–Kier alpha value is -1.18. The minimum Gasteiger partial charge on any atom is -0.200 e. The molecule has 7 heteroatoms. The van der Waals surface area contributed by atoms with Gasteiger partial charge in [0.15, 0.2) is 0 Å². The highest BCUT2D eigenvalue weighted by molar-refractivity contribution is 9.10. The van der Waals surface area contributed by atoms with Crippen LogP contribution in [0.4, 0.5) is 0 Å². The average molecular weight is 432 g/mol. The zero-order valence-corrected chi connectivity index (χ0v) is 14.8. The molecular weight excluding hydrogens is 420 g/mol. The highest BCUT2D eigenvalue weighted by atomic mass is 79.9. The van der Waals surface area contributed by atoms with Gasteiger partial charge in [-0.2, -0.15) is 18.4 Å². The van der Waals surface area contributed by atoms with Crippen LogP contribution in [0.2, 0.25) is 0 Å². The van der Waals surface area contributed by atoms with Crippen molar-refractivity contribution in [2.24, 2.45) is 5.10 Å². The summed E-state index contributed by atoms with van der Waals surface area (Å²) < 4.78 is 25.1. The van der Waals surface area contributed by atoms with E-state index < -0.39 is 10.0 Å². The van der Waals surface area contributed by atoms with E-state index in [4.69, 9.17) is 0 Å². The summed E-state index contributed by atoms with van der Waals surface area (Å²) in [5.74, 6) is 0. The monoisotopic (exact) mass is 430 g/mol. The van der Waals surface area contributed by atoms with Gasteiger partial charge in [-0.05, 0) is 29.8 Å². The van der Waals surface area contributed by atoms with E-state index >= 15 is 0 Å². The van der Waals surface area contributed by atoms with Crippen molar-refractivity contribution in [2.45, 2.75) is 4.90 Å². The zero-order valence-electron chi connectivity index (χ0n) is 10.8. The van der Waals surface area contributed by atoms with E-state index in [1.54, 1.807) is 18.2 Å². The van der Waals surface area contributed by atoms with E-state index in [0.29, 0.717) is 11.0 Å². The molecule has 0 fully saturated rings. The Labute approximate surface area is 140 Å². The van der Waals surface area contributed by atoms with Crippen LogP contribution >= 0.6 is 31.9 Å². The van der Waals surface area contributed by atoms with Gasteiger partial charge in [0.2, 0.25) is 0 Å². The van der Waals surface area contributed by atoms with E-state index in [2.05, 4.69) is 41.8 Å². The number of hydrogen-bond donors (Lipinski definition) is 1. The maximum absolute atomic E-state index is 12.1. The van der Waals surface area contributed by atoms with Gasteiger partial charge in [-0.3, -0.25) is 0 Å². The molecular formula is C14H12Br2N2O2S. The van der Waals surface area contributed by atoms with Crippen molar-refractivity contribution >= 4 is 47.6 Å². The van der Waals surface area contributed by atoms with Gasteiger partial charge >= 0.3 is 0 Å². The predicted octanol–water partition coefficient (Wildman–Crippen LogP) is 3.53. The molecule has 0 spiro atoms. The molecule has 110 valence electrons. The smallest absolute Gasteiger partial charge is 0.200 e. The molecule has 0 atom stereocenters. The lowest BCUT2D eigenvalue weighted by molar-refractivity contribution is 0.584. The second kappa shape index (κ2) is 7.20. The molecule has 0 heterocycles. The van der Waals surface area contributed by atoms with Gasteiger partial charge in [-0.25, -0.2) is 0 Å². The Morgan fingerprint density at radius 3 is 2.24 bits per heavy atom. The van der Waals surface area contributed by atoms with Crippen molar-refractivity contribution < 1.29 is 8.42 Å². The van der Waals surface area contributed by atoms with Crippen LogP contribution in [0.1, 0.15) is 5.56 Å². The molecule has 0 bridgehead atoms. The normalized spacial score (nSPS) is 12.2. The minimum atomic E-state index is -3.65. The minimum absolute atomic E-state index is 0.179. The summed E-state index contributed by atoms with van der Waals surface area (Å²) in [7, 11) is -3.65. The standard InChI is InChI=1S/C14H12Br2N2O2S/c15-10-14(11-6-8-12(16)9-7-11)17-18-21(19,20)13-4-2-1-3-5-13/h1-9,18H,10H2/b17-14+. The lowest BCUT2D eigenvalue weighted by Crippen LogP contribution is -2.21. The molecule has 0 saturated carbocycles. The average Bonchev–Trinajstić information content (AvgIpc) is 2.50. The molecule has 0 aliphatic heterocycles. The van der Waals surface area contributed by atoms with E-state index in [1.807, 2.05) is 24.3 Å². The van der Waals surface area contributed by atoms with E-state index in [1.165, 1.54) is 12.1 Å². The molecule has 2 rings (SSSR count). The van der Waals surface area contributed by atoms with Crippen LogP contribution in [0, 0.1) is 0 Å². The van der Waals surface area contributed by atoms with Gasteiger partial charge in [0, 0.05) is 9.80 Å². The molecule has 4 nitrogen and oxygen atoms in total. The summed E-state index contributed by atoms with van der Waals surface area (Å²) in [4.78, 5) is 2.44. The number of nitrogens with one attached hydrogen (secondary N) is 1. The van der Waals surface area contributed by atoms with Crippen LogP contribution in [0.15, 0.2) is 69.1 Å². The topological polar surface area (TPSA) is 58.5 Å². The number of hydrogen-bond acceptors (Lipinski definition) is 3. The number of halogens is 2. The number of hydrazone groups is 1. The van der Waals surface area contributed by atoms with Crippen molar-refractivity contribution in [2.75, 3.05) is 5.33 Å². The van der Waals surface area contributed by atoms with Gasteiger partial charge in [0.1, 0.15) is 0 Å². The SMILES string of the molecule is O=S(=O)(N/N=C(\CBr)c1ccc(Br)cc1)c1ccccc1. The molecule has 0 aliphatic carbocycles. The number of sulfonamides is 1. The second-order valence-electron chi connectivity index (χ2n) is 4.11. The summed E-state index contributed by atoms with van der Waals surface area (Å²) >= 11 is 6.67. The third-order valence-electron chi connectivity index (χ3n) is 2.66. The Morgan fingerprint density at radius 2 is 1.67 bits per heavy atom. The fourth-order valence-electron chi connectivity index (χ4n) is 1.58. The van der Waals surface area contributed by atoms with Crippen molar-refractivity contribution in [3.05, 3.63) is 64.6 Å². The summed E-state index contributed by atoms with van der Waals surface area (Å²) in [5.41, 5.74) is 1.44. The van der Waals surface area contributed by atoms with E-state index in [9.17, 15) is 8.42 Å². The lowest BCUT2D eigenvalue weighted by Gasteiger charge is -2.06. The first kappa shape index (κ1) is 16.2. The number of nitrogens with zero attached hydrogens (tertiary/aromatic N) is 1. The fraction of sp³-hybridized carbons (Fsp3) is 0.0714. The van der Waals surface area contributed by atoms with Crippen LogP contribution in [-0.2, 0) is 10.0 Å². The number of benzene rings is 2. The third kappa shape index (κ3) is 4.39. The quantitative estimate of drug-likeness (QED) is 0.447. The maximum atomic E-state index is 12.1. The van der Waals surface area contributed by atoms with E-state index in [0.717, 1.165) is 10.0 Å². The van der Waals surface area contributed by atoms with Crippen LogP contribution < -0.4 is 4.83 Å². The first-order chi connectivity index (χ1) is 10.0. The molecule has 0 radical (unpaired) electrons. The second-order valence-corrected chi connectivity index (χ2v) is 7.24. The molecule has 0 aromatic heterocycles. The lowest BCUT2D eigenvalue weighted by atomic mass is 10.1. The summed E-state index contributed by atoms with van der Waals surface area (Å²) in [6.07, 6.45) is 0. The van der Waals surface area contributed by atoms with Crippen molar-refractivity contribution in [3.63, 3.8) is 0 Å². The first-order valence-corrected chi connectivity index (χ1v) is 9.38. The van der Waals surface area contributed by atoms with Crippen molar-refractivity contribution in [1.29, 1.82) is 0 Å². The molecule has 2 aromatic rings. The largest absolute Gasteiger partial charge is 0.276 e. The van der Waals surface area contributed by atoms with E-state index in [-0.39, 0.29) is 4.90 Å². The summed E-state index contributed by atoms with van der Waals surface area (Å²) in [6, 6.07) is 15.6. The van der Waals surface area contributed by atoms with Gasteiger partial charge in [-0.15, -0.1) is 0 Å².